The van der Waals surface area contributed by atoms with E-state index in [4.69, 9.17) is 9.47 Å². The standard InChI is InChI=1S/C28H34FN5O3/c1-20-16-21(2)18-23(17-20)37-28(35)33(3)26-10-11-30-27(32-26)31-22-8-9-25(24(29)19-22)36-15-7-14-34-12-5-4-6-13-34/h8-11,16-19H,4-7,12-15H2,1-3H3,(H,30,31,32). The molecule has 0 bridgehead atoms. The number of rotatable bonds is 9. The van der Waals surface area contributed by atoms with Crippen molar-refractivity contribution in [2.75, 3.05) is 43.5 Å². The third kappa shape index (κ3) is 7.63. The highest BCUT2D eigenvalue weighted by Gasteiger charge is 2.16. The smallest absolute Gasteiger partial charge is 0.420 e. The maximum Gasteiger partial charge on any atom is 0.420 e. The number of benzene rings is 2. The second-order valence-electron chi connectivity index (χ2n) is 9.36. The number of aryl methyl sites for hydroxylation is 2. The number of carbonyl (C=O) groups is 1. The van der Waals surface area contributed by atoms with Gasteiger partial charge in [0.2, 0.25) is 5.95 Å². The summed E-state index contributed by atoms with van der Waals surface area (Å²) in [6.45, 7) is 7.60. The van der Waals surface area contributed by atoms with E-state index < -0.39 is 11.9 Å². The Bertz CT molecular complexity index is 1200. The van der Waals surface area contributed by atoms with Gasteiger partial charge in [-0.05, 0) is 87.7 Å². The van der Waals surface area contributed by atoms with Crippen LogP contribution >= 0.6 is 0 Å². The molecule has 1 aliphatic rings. The van der Waals surface area contributed by atoms with E-state index in [1.807, 2.05) is 19.9 Å². The molecule has 1 amide bonds. The normalized spacial score (nSPS) is 13.7. The fourth-order valence-corrected chi connectivity index (χ4v) is 4.33. The van der Waals surface area contributed by atoms with Crippen LogP contribution in [0.4, 0.5) is 26.6 Å². The molecule has 1 aliphatic heterocycles. The first kappa shape index (κ1) is 26.3. The van der Waals surface area contributed by atoms with Crippen molar-refractivity contribution in [1.29, 1.82) is 0 Å². The van der Waals surface area contributed by atoms with Gasteiger partial charge in [0.05, 0.1) is 6.61 Å². The molecule has 196 valence electrons. The fourth-order valence-electron chi connectivity index (χ4n) is 4.33. The van der Waals surface area contributed by atoms with Crippen LogP contribution in [0.2, 0.25) is 0 Å². The summed E-state index contributed by atoms with van der Waals surface area (Å²) >= 11 is 0. The number of halogens is 1. The Hall–Kier alpha value is -3.72. The van der Waals surface area contributed by atoms with Crippen molar-refractivity contribution < 1.29 is 18.7 Å². The van der Waals surface area contributed by atoms with Gasteiger partial charge in [-0.1, -0.05) is 12.5 Å². The summed E-state index contributed by atoms with van der Waals surface area (Å²) in [5.74, 6) is 0.770. The zero-order valence-corrected chi connectivity index (χ0v) is 21.7. The molecule has 0 radical (unpaired) electrons. The minimum absolute atomic E-state index is 0.215. The number of carbonyl (C=O) groups excluding carboxylic acids is 1. The monoisotopic (exact) mass is 507 g/mol. The Morgan fingerprint density at radius 3 is 2.57 bits per heavy atom. The first-order chi connectivity index (χ1) is 17.9. The number of aromatic nitrogens is 2. The van der Waals surface area contributed by atoms with E-state index in [1.165, 1.54) is 36.4 Å². The van der Waals surface area contributed by atoms with Crippen LogP contribution in [-0.2, 0) is 0 Å². The lowest BCUT2D eigenvalue weighted by atomic mass is 10.1. The fraction of sp³-hybridized carbons (Fsp3) is 0.393. The largest absolute Gasteiger partial charge is 0.490 e. The van der Waals surface area contributed by atoms with Crippen molar-refractivity contribution in [2.45, 2.75) is 39.5 Å². The zero-order chi connectivity index (χ0) is 26.2. The van der Waals surface area contributed by atoms with E-state index in [1.54, 1.807) is 37.4 Å². The Morgan fingerprint density at radius 2 is 1.84 bits per heavy atom. The van der Waals surface area contributed by atoms with Crippen LogP contribution in [0.5, 0.6) is 11.5 Å². The molecule has 0 atom stereocenters. The second-order valence-corrected chi connectivity index (χ2v) is 9.36. The lowest BCUT2D eigenvalue weighted by Crippen LogP contribution is -2.31. The lowest BCUT2D eigenvalue weighted by molar-refractivity contribution is 0.203. The number of ether oxygens (including phenoxy) is 2. The van der Waals surface area contributed by atoms with E-state index in [9.17, 15) is 9.18 Å². The minimum atomic E-state index is -0.581. The molecule has 1 saturated heterocycles. The van der Waals surface area contributed by atoms with Crippen LogP contribution in [0.3, 0.4) is 0 Å². The third-order valence-electron chi connectivity index (χ3n) is 6.17. The van der Waals surface area contributed by atoms with Crippen LogP contribution in [0.25, 0.3) is 0 Å². The van der Waals surface area contributed by atoms with Crippen molar-refractivity contribution in [3.63, 3.8) is 0 Å². The number of nitrogens with zero attached hydrogens (tertiary/aromatic N) is 4. The van der Waals surface area contributed by atoms with Gasteiger partial charge in [0.15, 0.2) is 11.6 Å². The molecule has 2 aromatic carbocycles. The molecule has 1 N–H and O–H groups in total. The van der Waals surface area contributed by atoms with E-state index in [0.29, 0.717) is 23.9 Å². The molecule has 37 heavy (non-hydrogen) atoms. The molecular weight excluding hydrogens is 473 g/mol. The summed E-state index contributed by atoms with van der Waals surface area (Å²) in [6, 6.07) is 11.8. The molecule has 9 heteroatoms. The van der Waals surface area contributed by atoms with E-state index in [0.717, 1.165) is 37.2 Å². The number of likely N-dealkylation sites (tertiary alicyclic amines) is 1. The summed E-state index contributed by atoms with van der Waals surface area (Å²) in [4.78, 5) is 24.9. The topological polar surface area (TPSA) is 79.8 Å². The summed E-state index contributed by atoms with van der Waals surface area (Å²) < 4.78 is 25.8. The van der Waals surface area contributed by atoms with Crippen molar-refractivity contribution in [1.82, 2.24) is 14.9 Å². The Morgan fingerprint density at radius 1 is 1.08 bits per heavy atom. The SMILES string of the molecule is Cc1cc(C)cc(OC(=O)N(C)c2ccnc(Nc3ccc(OCCCN4CCCCC4)c(F)c3)n2)c1. The maximum atomic E-state index is 14.6. The third-order valence-corrected chi connectivity index (χ3v) is 6.17. The number of anilines is 3. The van der Waals surface area contributed by atoms with Gasteiger partial charge in [-0.2, -0.15) is 4.98 Å². The van der Waals surface area contributed by atoms with Crippen LogP contribution in [0.15, 0.2) is 48.7 Å². The van der Waals surface area contributed by atoms with Crippen molar-refractivity contribution >= 4 is 23.5 Å². The van der Waals surface area contributed by atoms with Crippen LogP contribution < -0.4 is 19.7 Å². The Kier molecular flexibility index (Phi) is 8.90. The summed E-state index contributed by atoms with van der Waals surface area (Å²) in [5.41, 5.74) is 2.47. The van der Waals surface area contributed by atoms with E-state index in [2.05, 4.69) is 20.2 Å². The van der Waals surface area contributed by atoms with E-state index in [-0.39, 0.29) is 11.7 Å². The molecule has 2 heterocycles. The second kappa shape index (κ2) is 12.5. The molecule has 1 aromatic heterocycles. The highest BCUT2D eigenvalue weighted by atomic mass is 19.1. The molecule has 3 aromatic rings. The highest BCUT2D eigenvalue weighted by Crippen LogP contribution is 2.24. The minimum Gasteiger partial charge on any atom is -0.490 e. The molecular formula is C28H34FN5O3. The number of piperidine rings is 1. The van der Waals surface area contributed by atoms with Crippen molar-refractivity contribution in [3.8, 4) is 11.5 Å². The van der Waals surface area contributed by atoms with Gasteiger partial charge in [0, 0.05) is 31.5 Å². The van der Waals surface area contributed by atoms with Gasteiger partial charge in [0.25, 0.3) is 0 Å². The van der Waals surface area contributed by atoms with Gasteiger partial charge in [-0.3, -0.25) is 4.90 Å². The maximum absolute atomic E-state index is 14.6. The van der Waals surface area contributed by atoms with Crippen LogP contribution in [0, 0.1) is 19.7 Å². The average Bonchev–Trinajstić information content (AvgIpc) is 2.87. The quantitative estimate of drug-likeness (QED) is 0.363. The van der Waals surface area contributed by atoms with Crippen LogP contribution in [0.1, 0.15) is 36.8 Å². The van der Waals surface area contributed by atoms with Gasteiger partial charge in [-0.25, -0.2) is 14.2 Å². The van der Waals surface area contributed by atoms with E-state index >= 15 is 0 Å². The Labute approximate surface area is 217 Å². The number of nitrogens with one attached hydrogen (secondary N) is 1. The van der Waals surface area contributed by atoms with Gasteiger partial charge < -0.3 is 19.7 Å². The average molecular weight is 508 g/mol. The predicted octanol–water partition coefficient (Wildman–Crippen LogP) is 5.87. The molecule has 4 rings (SSSR count). The first-order valence-electron chi connectivity index (χ1n) is 12.7. The Balaban J connectivity index is 1.31. The van der Waals surface area contributed by atoms with Gasteiger partial charge >= 0.3 is 6.09 Å². The summed E-state index contributed by atoms with van der Waals surface area (Å²) in [5, 5.41) is 2.98. The number of amides is 1. The summed E-state index contributed by atoms with van der Waals surface area (Å²) in [6.07, 6.45) is 5.61. The van der Waals surface area contributed by atoms with Crippen molar-refractivity contribution in [3.05, 3.63) is 65.6 Å². The molecule has 0 unspecified atom stereocenters. The number of hydrogen-bond acceptors (Lipinski definition) is 7. The highest BCUT2D eigenvalue weighted by molar-refractivity contribution is 5.87. The van der Waals surface area contributed by atoms with Gasteiger partial charge in [-0.15, -0.1) is 0 Å². The molecule has 0 spiro atoms. The molecule has 8 nitrogen and oxygen atoms in total. The van der Waals surface area contributed by atoms with Gasteiger partial charge in [0.1, 0.15) is 11.6 Å². The molecule has 0 aliphatic carbocycles. The predicted molar refractivity (Wildman–Crippen MR) is 142 cm³/mol. The molecule has 0 saturated carbocycles. The van der Waals surface area contributed by atoms with Crippen LogP contribution in [-0.4, -0.2) is 54.2 Å². The first-order valence-corrected chi connectivity index (χ1v) is 12.7. The zero-order valence-electron chi connectivity index (χ0n) is 21.7. The summed E-state index contributed by atoms with van der Waals surface area (Å²) in [7, 11) is 1.56. The molecule has 1 fully saturated rings. The number of hydrogen-bond donors (Lipinski definition) is 1. The lowest BCUT2D eigenvalue weighted by Gasteiger charge is -2.26. The van der Waals surface area contributed by atoms with Crippen molar-refractivity contribution in [2.24, 2.45) is 0 Å².